The smallest absolute Gasteiger partial charge is 0.218 e. The largest absolute Gasteiger partial charge is 0.352 e. The highest BCUT2D eigenvalue weighted by atomic mass is 35.5. The lowest BCUT2D eigenvalue weighted by Gasteiger charge is -1.98. The van der Waals surface area contributed by atoms with Crippen LogP contribution in [0.25, 0.3) is 0 Å². The van der Waals surface area contributed by atoms with Gasteiger partial charge in [-0.25, -0.2) is 0 Å². The molecule has 0 saturated heterocycles. The minimum absolute atomic E-state index is 0.118. The monoisotopic (exact) mass is 187 g/mol. The number of rotatable bonds is 3. The zero-order valence-electron chi connectivity index (χ0n) is 7.00. The van der Waals surface area contributed by atoms with E-state index in [1.807, 2.05) is 13.8 Å². The second-order valence-corrected chi connectivity index (χ2v) is 3.40. The quantitative estimate of drug-likeness (QED) is 0.683. The van der Waals surface area contributed by atoms with Crippen molar-refractivity contribution in [1.82, 2.24) is 5.16 Å². The summed E-state index contributed by atoms with van der Waals surface area (Å²) in [4.78, 5) is 10.3. The molecule has 4 heteroatoms. The summed E-state index contributed by atoms with van der Waals surface area (Å²) in [6, 6.07) is 0. The number of hydrogen-bond acceptors (Lipinski definition) is 3. The zero-order chi connectivity index (χ0) is 9.14. The first kappa shape index (κ1) is 9.26. The number of nitrogens with zero attached hydrogens (tertiary/aromatic N) is 1. The predicted molar refractivity (Wildman–Crippen MR) is 45.4 cm³/mol. The number of carbonyl (C=O) groups excluding carboxylic acids is 1. The molecule has 0 N–H and O–H groups in total. The Balaban J connectivity index is 2.86. The van der Waals surface area contributed by atoms with Crippen LogP contribution in [0, 0.1) is 5.92 Å². The van der Waals surface area contributed by atoms with Gasteiger partial charge in [0.15, 0.2) is 6.29 Å². The van der Waals surface area contributed by atoms with Gasteiger partial charge < -0.3 is 4.52 Å². The zero-order valence-corrected chi connectivity index (χ0v) is 7.76. The Morgan fingerprint density at radius 3 is 2.75 bits per heavy atom. The molecule has 0 radical (unpaired) electrons. The molecule has 1 aromatic heterocycles. The predicted octanol–water partition coefficient (Wildman–Crippen LogP) is 2.34. The van der Waals surface area contributed by atoms with E-state index in [0.717, 1.165) is 6.42 Å². The highest BCUT2D eigenvalue weighted by Crippen LogP contribution is 2.21. The van der Waals surface area contributed by atoms with Crippen molar-refractivity contribution in [3.8, 4) is 0 Å². The Bertz CT molecular complexity index is 281. The molecular formula is C8H10ClNO2. The van der Waals surface area contributed by atoms with Crippen LogP contribution in [0.5, 0.6) is 0 Å². The van der Waals surface area contributed by atoms with Gasteiger partial charge in [0, 0.05) is 0 Å². The fourth-order valence-electron chi connectivity index (χ4n) is 0.913. The van der Waals surface area contributed by atoms with Crippen molar-refractivity contribution in [3.05, 3.63) is 16.5 Å². The number of aromatic nitrogens is 1. The van der Waals surface area contributed by atoms with Crippen LogP contribution >= 0.6 is 11.6 Å². The number of halogens is 1. The van der Waals surface area contributed by atoms with Crippen LogP contribution in [0.1, 0.15) is 30.1 Å². The van der Waals surface area contributed by atoms with Crippen molar-refractivity contribution in [2.24, 2.45) is 5.92 Å². The van der Waals surface area contributed by atoms with Crippen molar-refractivity contribution < 1.29 is 9.32 Å². The third-order valence-corrected chi connectivity index (χ3v) is 1.84. The van der Waals surface area contributed by atoms with Crippen LogP contribution < -0.4 is 0 Å². The molecule has 1 heterocycles. The Hall–Kier alpha value is -0.830. The maximum atomic E-state index is 10.3. The van der Waals surface area contributed by atoms with Gasteiger partial charge in [0.05, 0.1) is 0 Å². The van der Waals surface area contributed by atoms with E-state index >= 15 is 0 Å². The molecule has 66 valence electrons. The Labute approximate surface area is 75.7 Å². The molecule has 0 amide bonds. The molecule has 0 fully saturated rings. The summed E-state index contributed by atoms with van der Waals surface area (Å²) in [6.07, 6.45) is 1.30. The molecule has 3 nitrogen and oxygen atoms in total. The van der Waals surface area contributed by atoms with Crippen LogP contribution in [-0.2, 0) is 6.42 Å². The van der Waals surface area contributed by atoms with Crippen LogP contribution in [0.2, 0.25) is 5.02 Å². The second-order valence-electron chi connectivity index (χ2n) is 3.02. The van der Waals surface area contributed by atoms with E-state index in [1.165, 1.54) is 0 Å². The molecule has 0 aliphatic heterocycles. The van der Waals surface area contributed by atoms with E-state index in [9.17, 15) is 4.79 Å². The topological polar surface area (TPSA) is 43.1 Å². The fraction of sp³-hybridized carbons (Fsp3) is 0.500. The molecule has 0 bridgehead atoms. The van der Waals surface area contributed by atoms with Crippen molar-refractivity contribution in [2.45, 2.75) is 20.3 Å². The van der Waals surface area contributed by atoms with Crippen molar-refractivity contribution in [2.75, 3.05) is 0 Å². The van der Waals surface area contributed by atoms with E-state index in [4.69, 9.17) is 16.1 Å². The Morgan fingerprint density at radius 1 is 1.67 bits per heavy atom. The highest BCUT2D eigenvalue weighted by Gasteiger charge is 2.13. The number of aldehydes is 1. The summed E-state index contributed by atoms with van der Waals surface area (Å²) in [5.74, 6) is 0.569. The van der Waals surface area contributed by atoms with Gasteiger partial charge >= 0.3 is 0 Å². The van der Waals surface area contributed by atoms with Crippen LogP contribution in [0.3, 0.4) is 0 Å². The Kier molecular flexibility index (Phi) is 2.87. The number of hydrogen-bond donors (Lipinski definition) is 0. The van der Waals surface area contributed by atoms with Gasteiger partial charge in [-0.15, -0.1) is 0 Å². The molecule has 0 unspecified atom stereocenters. The van der Waals surface area contributed by atoms with E-state index in [-0.39, 0.29) is 5.76 Å². The molecule has 0 atom stereocenters. The molecule has 1 rings (SSSR count). The average molecular weight is 188 g/mol. The van der Waals surface area contributed by atoms with Gasteiger partial charge in [-0.05, 0) is 12.3 Å². The van der Waals surface area contributed by atoms with Crippen LogP contribution in [0.4, 0.5) is 0 Å². The average Bonchev–Trinajstić information content (AvgIpc) is 2.32. The lowest BCUT2D eigenvalue weighted by molar-refractivity contribution is 0.109. The van der Waals surface area contributed by atoms with Gasteiger partial charge in [0.1, 0.15) is 10.7 Å². The normalized spacial score (nSPS) is 10.7. The van der Waals surface area contributed by atoms with E-state index in [0.29, 0.717) is 22.9 Å². The second kappa shape index (κ2) is 3.72. The third kappa shape index (κ3) is 1.85. The molecule has 12 heavy (non-hydrogen) atoms. The van der Waals surface area contributed by atoms with Gasteiger partial charge in [-0.2, -0.15) is 0 Å². The molecule has 1 aromatic rings. The highest BCUT2D eigenvalue weighted by molar-refractivity contribution is 6.33. The first-order chi connectivity index (χ1) is 5.65. The maximum Gasteiger partial charge on any atom is 0.218 e. The van der Waals surface area contributed by atoms with Gasteiger partial charge in [-0.3, -0.25) is 4.79 Å². The molecular weight excluding hydrogens is 178 g/mol. The minimum Gasteiger partial charge on any atom is -0.352 e. The summed E-state index contributed by atoms with van der Waals surface area (Å²) in [7, 11) is 0. The minimum atomic E-state index is 0.118. The van der Waals surface area contributed by atoms with Crippen molar-refractivity contribution in [3.63, 3.8) is 0 Å². The molecule has 0 saturated carbocycles. The third-order valence-electron chi connectivity index (χ3n) is 1.43. The molecule has 0 aliphatic rings. The summed E-state index contributed by atoms with van der Waals surface area (Å²) in [6.45, 7) is 4.09. The Morgan fingerprint density at radius 2 is 2.33 bits per heavy atom. The maximum absolute atomic E-state index is 10.3. The molecule has 0 aliphatic carbocycles. The fourth-order valence-corrected chi connectivity index (χ4v) is 1.10. The van der Waals surface area contributed by atoms with E-state index in [1.54, 1.807) is 0 Å². The van der Waals surface area contributed by atoms with E-state index in [2.05, 4.69) is 5.16 Å². The first-order valence-corrected chi connectivity index (χ1v) is 4.12. The van der Waals surface area contributed by atoms with Crippen molar-refractivity contribution >= 4 is 17.9 Å². The SMILES string of the molecule is CC(C)Cc1noc(C=O)c1Cl. The lowest BCUT2D eigenvalue weighted by Crippen LogP contribution is -1.94. The molecule has 0 spiro atoms. The van der Waals surface area contributed by atoms with Gasteiger partial charge in [0.2, 0.25) is 5.76 Å². The first-order valence-electron chi connectivity index (χ1n) is 3.74. The van der Waals surface area contributed by atoms with Crippen LogP contribution in [0.15, 0.2) is 4.52 Å². The van der Waals surface area contributed by atoms with Crippen molar-refractivity contribution in [1.29, 1.82) is 0 Å². The summed E-state index contributed by atoms with van der Waals surface area (Å²) in [5, 5.41) is 4.03. The summed E-state index contributed by atoms with van der Waals surface area (Å²) >= 11 is 5.78. The van der Waals surface area contributed by atoms with Gasteiger partial charge in [0.25, 0.3) is 0 Å². The molecule has 0 aromatic carbocycles. The lowest BCUT2D eigenvalue weighted by atomic mass is 10.1. The van der Waals surface area contributed by atoms with E-state index < -0.39 is 0 Å². The number of carbonyl (C=O) groups is 1. The van der Waals surface area contributed by atoms with Gasteiger partial charge in [-0.1, -0.05) is 30.6 Å². The summed E-state index contributed by atoms with van der Waals surface area (Å²) < 4.78 is 4.70. The standard InChI is InChI=1S/C8H10ClNO2/c1-5(2)3-6-8(9)7(4-11)12-10-6/h4-5H,3H2,1-2H3. The summed E-state index contributed by atoms with van der Waals surface area (Å²) in [5.41, 5.74) is 0.661. The van der Waals surface area contributed by atoms with Crippen LogP contribution in [-0.4, -0.2) is 11.4 Å².